The molecule has 0 spiro atoms. The minimum Gasteiger partial charge on any atom is -0.744 e. The Kier molecular flexibility index (Phi) is 8.35. The van der Waals surface area contributed by atoms with Crippen LogP contribution in [0.5, 0.6) is 0 Å². The van der Waals surface area contributed by atoms with Crippen LogP contribution in [0.1, 0.15) is 5.56 Å². The number of benzene rings is 2. The van der Waals surface area contributed by atoms with E-state index in [1.807, 2.05) is 0 Å². The third-order valence-corrected chi connectivity index (χ3v) is 5.02. The van der Waals surface area contributed by atoms with Crippen LogP contribution < -0.4 is 51.4 Å². The zero-order chi connectivity index (χ0) is 23.3. The summed E-state index contributed by atoms with van der Waals surface area (Å²) in [6.45, 7) is 0. The molecule has 0 aliphatic heterocycles. The summed E-state index contributed by atoms with van der Waals surface area (Å²) in [5, 5.41) is -0.627. The van der Waals surface area contributed by atoms with E-state index in [4.69, 9.17) is 0 Å². The molecule has 0 atom stereocenters. The van der Waals surface area contributed by atoms with Crippen molar-refractivity contribution in [3.05, 3.63) is 42.0 Å². The van der Waals surface area contributed by atoms with Gasteiger partial charge in [0, 0.05) is 6.42 Å². The Bertz CT molecular complexity index is 1060. The van der Waals surface area contributed by atoms with Gasteiger partial charge in [-0.2, -0.15) is 35.1 Å². The van der Waals surface area contributed by atoms with Crippen molar-refractivity contribution in [1.29, 1.82) is 0 Å². The van der Waals surface area contributed by atoms with E-state index in [0.717, 1.165) is 24.3 Å². The molecule has 0 saturated carbocycles. The molecule has 168 valence electrons. The van der Waals surface area contributed by atoms with Crippen molar-refractivity contribution in [2.24, 2.45) is 0 Å². The third kappa shape index (κ3) is 5.06. The van der Waals surface area contributed by atoms with Crippen LogP contribution in [0.4, 0.5) is 43.9 Å². The predicted octanol–water partition coefficient (Wildman–Crippen LogP) is 2.10. The fourth-order valence-electron chi connectivity index (χ4n) is 2.56. The third-order valence-electron chi connectivity index (χ3n) is 4.19. The average molecular weight is 510 g/mol. The van der Waals surface area contributed by atoms with Crippen molar-refractivity contribution in [3.63, 3.8) is 0 Å². The van der Waals surface area contributed by atoms with Crippen molar-refractivity contribution >= 4 is 20.9 Å². The quantitative estimate of drug-likeness (QED) is 0.326. The Morgan fingerprint density at radius 3 is 1.90 bits per heavy atom. The van der Waals surface area contributed by atoms with Gasteiger partial charge in [0.25, 0.3) is 0 Å². The molecule has 2 aromatic rings. The number of hydrogen-bond acceptors (Lipinski definition) is 3. The van der Waals surface area contributed by atoms with Crippen molar-refractivity contribution in [1.82, 2.24) is 0 Å². The van der Waals surface area contributed by atoms with Gasteiger partial charge in [0.05, 0.1) is 4.90 Å². The molecule has 0 unspecified atom stereocenters. The maximum atomic E-state index is 14.0. The van der Waals surface area contributed by atoms with Crippen molar-refractivity contribution in [3.8, 4) is 0 Å². The van der Waals surface area contributed by atoms with E-state index in [1.54, 1.807) is 0 Å². The fourth-order valence-corrected chi connectivity index (χ4v) is 3.07. The van der Waals surface area contributed by atoms with Crippen LogP contribution in [0.15, 0.2) is 41.3 Å². The number of fused-ring (bicyclic) bond motifs is 1. The molecule has 15 heteroatoms. The van der Waals surface area contributed by atoms with Crippen molar-refractivity contribution in [2.45, 2.75) is 41.4 Å². The summed E-state index contributed by atoms with van der Waals surface area (Å²) < 4.78 is 165. The molecule has 0 saturated heterocycles. The van der Waals surface area contributed by atoms with E-state index in [9.17, 15) is 56.9 Å². The van der Waals surface area contributed by atoms with Crippen molar-refractivity contribution in [2.75, 3.05) is 0 Å². The molecule has 0 amide bonds. The van der Waals surface area contributed by atoms with Crippen molar-refractivity contribution < 1.29 is 108 Å². The summed E-state index contributed by atoms with van der Waals surface area (Å²) in [5.74, 6) is -26.7. The molecule has 2 aromatic carbocycles. The number of halogens is 10. The second kappa shape index (κ2) is 9.06. The predicted molar refractivity (Wildman–Crippen MR) is 81.4 cm³/mol. The standard InChI is InChI=1S/C16H10F10O3S.K/c17-12(18)14(21,22)16(25,26)15(23,24)13(19,20)7-9-3-1-2-8-6-10(30(27,28)29)4-5-11(8)9;/h1-6,12H,7H2,(H,27,28,29);/q;+1/p-1. The van der Waals surface area contributed by atoms with E-state index in [1.165, 1.54) is 0 Å². The SMILES string of the molecule is O=S(=O)([O-])c1ccc2c(CC(F)(F)C(F)(F)C(F)(F)C(F)(F)C(F)F)cccc2c1.[K+]. The maximum absolute atomic E-state index is 14.0. The largest absolute Gasteiger partial charge is 1.00 e. The van der Waals surface area contributed by atoms with E-state index < -0.39 is 57.1 Å². The topological polar surface area (TPSA) is 57.2 Å². The van der Waals surface area contributed by atoms with E-state index in [0.29, 0.717) is 12.1 Å². The molecular formula is C16H9F10KO3S. The van der Waals surface area contributed by atoms with E-state index in [2.05, 4.69) is 0 Å². The van der Waals surface area contributed by atoms with E-state index >= 15 is 0 Å². The molecule has 3 nitrogen and oxygen atoms in total. The second-order valence-corrected chi connectivity index (χ2v) is 7.59. The Balaban J connectivity index is 0.00000480. The van der Waals surface area contributed by atoms with E-state index in [-0.39, 0.29) is 62.2 Å². The monoisotopic (exact) mass is 510 g/mol. The first-order valence-corrected chi connectivity index (χ1v) is 9.04. The summed E-state index contributed by atoms with van der Waals surface area (Å²) in [5.41, 5.74) is -0.816. The Labute approximate surface area is 211 Å². The zero-order valence-corrected chi connectivity index (χ0v) is 19.1. The van der Waals surface area contributed by atoms with Gasteiger partial charge in [-0.25, -0.2) is 17.2 Å². The first-order chi connectivity index (χ1) is 13.4. The van der Waals surface area contributed by atoms with Gasteiger partial charge in [-0.05, 0) is 28.5 Å². The van der Waals surface area contributed by atoms with Crippen LogP contribution in [0.2, 0.25) is 0 Å². The zero-order valence-electron chi connectivity index (χ0n) is 15.2. The van der Waals surface area contributed by atoms with Crippen LogP contribution in [-0.2, 0) is 16.5 Å². The van der Waals surface area contributed by atoms with Gasteiger partial charge in [0.15, 0.2) is 0 Å². The molecule has 0 radical (unpaired) electrons. The second-order valence-electron chi connectivity index (χ2n) is 6.21. The summed E-state index contributed by atoms with van der Waals surface area (Å²) >= 11 is 0. The number of rotatable bonds is 7. The molecule has 0 N–H and O–H groups in total. The Morgan fingerprint density at radius 2 is 1.42 bits per heavy atom. The number of hydrogen-bond donors (Lipinski definition) is 0. The first kappa shape index (κ1) is 28.6. The molecule has 31 heavy (non-hydrogen) atoms. The van der Waals surface area contributed by atoms with Gasteiger partial charge in [-0.3, -0.25) is 0 Å². The van der Waals surface area contributed by atoms with Gasteiger partial charge in [-0.1, -0.05) is 24.3 Å². The summed E-state index contributed by atoms with van der Waals surface area (Å²) in [6.07, 6.45) is -7.63. The molecular weight excluding hydrogens is 501 g/mol. The normalized spacial score (nSPS) is 14.1. The van der Waals surface area contributed by atoms with Gasteiger partial charge in [0.2, 0.25) is 0 Å². The minimum absolute atomic E-state index is 0. The molecule has 0 aromatic heterocycles. The molecule has 0 bridgehead atoms. The average Bonchev–Trinajstić information content (AvgIpc) is 2.59. The van der Waals surface area contributed by atoms with Gasteiger partial charge in [-0.15, -0.1) is 0 Å². The Morgan fingerprint density at radius 1 is 0.871 bits per heavy atom. The molecule has 0 heterocycles. The van der Waals surface area contributed by atoms with Crippen LogP contribution in [0.25, 0.3) is 10.8 Å². The summed E-state index contributed by atoms with van der Waals surface area (Å²) in [7, 11) is -4.98. The number of alkyl halides is 10. The fraction of sp³-hybridized carbons (Fsp3) is 0.375. The minimum atomic E-state index is -7.11. The molecule has 0 fully saturated rings. The van der Waals surface area contributed by atoms with Gasteiger partial charge in [0.1, 0.15) is 10.1 Å². The molecule has 0 aliphatic carbocycles. The molecule has 0 aliphatic rings. The van der Waals surface area contributed by atoms with Crippen LogP contribution in [0.3, 0.4) is 0 Å². The Hall–Kier alpha value is -0.454. The van der Waals surface area contributed by atoms with Crippen LogP contribution in [0, 0.1) is 0 Å². The van der Waals surface area contributed by atoms with Crippen LogP contribution >= 0.6 is 0 Å². The molecule has 2 rings (SSSR count). The maximum Gasteiger partial charge on any atom is 1.00 e. The van der Waals surface area contributed by atoms with Crippen LogP contribution in [-0.4, -0.2) is 43.1 Å². The summed E-state index contributed by atoms with van der Waals surface area (Å²) in [6, 6.07) is 4.78. The first-order valence-electron chi connectivity index (χ1n) is 7.63. The van der Waals surface area contributed by atoms with Gasteiger partial charge >= 0.3 is 81.5 Å². The van der Waals surface area contributed by atoms with Gasteiger partial charge < -0.3 is 4.55 Å². The summed E-state index contributed by atoms with van der Waals surface area (Å²) in [4.78, 5) is -0.813. The smallest absolute Gasteiger partial charge is 0.744 e.